The average Bonchev–Trinajstić information content (AvgIpc) is 2.74. The van der Waals surface area contributed by atoms with Crippen LogP contribution in [0, 0.1) is 0 Å². The number of aromatic nitrogens is 1. The molecule has 0 aliphatic heterocycles. The van der Waals surface area contributed by atoms with Crippen LogP contribution in [0.3, 0.4) is 0 Å². The number of aromatic amines is 1. The summed E-state index contributed by atoms with van der Waals surface area (Å²) in [7, 11) is 0. The lowest BCUT2D eigenvalue weighted by Gasteiger charge is -2.12. The number of hydrogen-bond acceptors (Lipinski definition) is 5. The number of halogens is 1. The molecule has 31 heavy (non-hydrogen) atoms. The van der Waals surface area contributed by atoms with Gasteiger partial charge in [-0.15, -0.1) is 12.4 Å². The van der Waals surface area contributed by atoms with Gasteiger partial charge in [0.15, 0.2) is 5.76 Å². The molecule has 2 aromatic carbocycles. The summed E-state index contributed by atoms with van der Waals surface area (Å²) >= 11 is 0. The third kappa shape index (κ3) is 4.84. The van der Waals surface area contributed by atoms with E-state index >= 15 is 0 Å². The molecule has 0 fully saturated rings. The summed E-state index contributed by atoms with van der Waals surface area (Å²) in [5.74, 6) is 0.680. The lowest BCUT2D eigenvalue weighted by atomic mass is 10.1. The second-order valence-electron chi connectivity index (χ2n) is 6.74. The number of H-pyrrole nitrogens is 1. The first-order chi connectivity index (χ1) is 14.5. The quantitative estimate of drug-likeness (QED) is 0.360. The van der Waals surface area contributed by atoms with Crippen molar-refractivity contribution >= 4 is 34.9 Å². The summed E-state index contributed by atoms with van der Waals surface area (Å²) in [5.41, 5.74) is 7.41. The van der Waals surface area contributed by atoms with E-state index in [2.05, 4.69) is 9.98 Å². The molecule has 0 aliphatic carbocycles. The van der Waals surface area contributed by atoms with Gasteiger partial charge in [-0.3, -0.25) is 9.59 Å². The summed E-state index contributed by atoms with van der Waals surface area (Å²) in [4.78, 5) is 31.6. The van der Waals surface area contributed by atoms with E-state index in [0.29, 0.717) is 28.1 Å². The highest BCUT2D eigenvalue weighted by Crippen LogP contribution is 2.32. The molecule has 2 aromatic heterocycles. The van der Waals surface area contributed by atoms with Gasteiger partial charge in [0.25, 0.3) is 0 Å². The molecule has 3 N–H and O–H groups in total. The zero-order valence-electron chi connectivity index (χ0n) is 16.6. The Morgan fingerprint density at radius 3 is 2.55 bits per heavy atom. The Bertz CT molecular complexity index is 1340. The van der Waals surface area contributed by atoms with E-state index in [4.69, 9.17) is 14.9 Å². The number of amidine groups is 1. The molecule has 0 saturated carbocycles. The lowest BCUT2D eigenvalue weighted by Crippen LogP contribution is -2.11. The van der Waals surface area contributed by atoms with Crippen LogP contribution in [-0.2, 0) is 6.61 Å². The third-order valence-corrected chi connectivity index (χ3v) is 4.41. The highest BCUT2D eigenvalue weighted by Gasteiger charge is 2.18. The second kappa shape index (κ2) is 9.32. The molecule has 0 saturated heterocycles. The van der Waals surface area contributed by atoms with E-state index in [-0.39, 0.29) is 41.5 Å². The smallest absolute Gasteiger partial charge is 0.247 e. The molecule has 0 aliphatic rings. The number of aliphatic imine (C=N–C) groups is 1. The van der Waals surface area contributed by atoms with Crippen LogP contribution in [0.15, 0.2) is 85.9 Å². The van der Waals surface area contributed by atoms with Crippen LogP contribution in [0.5, 0.6) is 5.75 Å². The molecule has 158 valence electrons. The molecular weight excluding hydrogens is 418 g/mol. The number of fused-ring (bicyclic) bond motifs is 1. The van der Waals surface area contributed by atoms with Crippen LogP contribution in [0.4, 0.5) is 5.69 Å². The molecular formula is C23H20ClN3O4. The van der Waals surface area contributed by atoms with Crippen molar-refractivity contribution in [3.63, 3.8) is 0 Å². The van der Waals surface area contributed by atoms with Crippen LogP contribution in [-0.4, -0.2) is 10.8 Å². The molecule has 0 unspecified atom stereocenters. The number of benzene rings is 2. The van der Waals surface area contributed by atoms with Crippen molar-refractivity contribution in [3.05, 3.63) is 93.0 Å². The normalized spacial score (nSPS) is 11.2. The zero-order chi connectivity index (χ0) is 21.1. The SMILES string of the molecule is CC(N)=Nc1ccc2oc(-c3ccc(=O)[nH]c3)c(OCc3ccccc3)c(=O)c2c1.Cl. The van der Waals surface area contributed by atoms with Gasteiger partial charge in [0, 0.05) is 17.8 Å². The predicted octanol–water partition coefficient (Wildman–Crippen LogP) is 4.16. The summed E-state index contributed by atoms with van der Waals surface area (Å²) in [5, 5.41) is 0.328. The first kappa shape index (κ1) is 21.9. The van der Waals surface area contributed by atoms with Crippen molar-refractivity contribution in [1.82, 2.24) is 4.98 Å². The van der Waals surface area contributed by atoms with Crippen molar-refractivity contribution < 1.29 is 9.15 Å². The predicted molar refractivity (Wildman–Crippen MR) is 124 cm³/mol. The van der Waals surface area contributed by atoms with Gasteiger partial charge in [-0.1, -0.05) is 30.3 Å². The molecule has 7 nitrogen and oxygen atoms in total. The number of ether oxygens (including phenoxy) is 1. The number of nitrogens with one attached hydrogen (secondary N) is 1. The molecule has 0 radical (unpaired) electrons. The fourth-order valence-corrected chi connectivity index (χ4v) is 3.04. The van der Waals surface area contributed by atoms with Gasteiger partial charge in [0.2, 0.25) is 16.7 Å². The minimum atomic E-state index is -0.333. The van der Waals surface area contributed by atoms with Gasteiger partial charge in [0.05, 0.1) is 16.9 Å². The van der Waals surface area contributed by atoms with E-state index in [1.165, 1.54) is 12.3 Å². The third-order valence-electron chi connectivity index (χ3n) is 4.41. The van der Waals surface area contributed by atoms with Crippen molar-refractivity contribution in [2.75, 3.05) is 0 Å². The highest BCUT2D eigenvalue weighted by atomic mass is 35.5. The van der Waals surface area contributed by atoms with E-state index in [1.807, 2.05) is 30.3 Å². The van der Waals surface area contributed by atoms with Crippen LogP contribution in [0.1, 0.15) is 12.5 Å². The number of nitrogens with zero attached hydrogens (tertiary/aromatic N) is 1. The maximum absolute atomic E-state index is 13.3. The topological polar surface area (TPSA) is 111 Å². The van der Waals surface area contributed by atoms with Crippen LogP contribution in [0.2, 0.25) is 0 Å². The second-order valence-corrected chi connectivity index (χ2v) is 6.74. The van der Waals surface area contributed by atoms with E-state index in [9.17, 15) is 9.59 Å². The minimum Gasteiger partial charge on any atom is -0.481 e. The van der Waals surface area contributed by atoms with E-state index < -0.39 is 0 Å². The van der Waals surface area contributed by atoms with Gasteiger partial charge in [-0.25, -0.2) is 4.99 Å². The molecule has 0 amide bonds. The van der Waals surface area contributed by atoms with Gasteiger partial charge in [0.1, 0.15) is 12.2 Å². The monoisotopic (exact) mass is 437 g/mol. The van der Waals surface area contributed by atoms with E-state index in [0.717, 1.165) is 5.56 Å². The Labute approximate surface area is 183 Å². The van der Waals surface area contributed by atoms with Crippen LogP contribution in [0.25, 0.3) is 22.3 Å². The number of pyridine rings is 1. The minimum absolute atomic E-state index is 0. The van der Waals surface area contributed by atoms with E-state index in [1.54, 1.807) is 31.2 Å². The standard InChI is InChI=1S/C23H19N3O4.ClH/c1-14(24)26-17-8-9-19-18(11-17)21(28)23(29-13-15-5-3-2-4-6-15)22(30-19)16-7-10-20(27)25-12-16;/h2-12H,13H2,1H3,(H2,24,26)(H,25,27);1H. The van der Waals surface area contributed by atoms with Gasteiger partial charge < -0.3 is 19.9 Å². The molecule has 0 bridgehead atoms. The number of rotatable bonds is 5. The maximum Gasteiger partial charge on any atom is 0.247 e. The fourth-order valence-electron chi connectivity index (χ4n) is 3.04. The lowest BCUT2D eigenvalue weighted by molar-refractivity contribution is 0.298. The maximum atomic E-state index is 13.3. The zero-order valence-corrected chi connectivity index (χ0v) is 17.4. The first-order valence-corrected chi connectivity index (χ1v) is 9.29. The molecule has 0 spiro atoms. The number of hydrogen-bond donors (Lipinski definition) is 2. The van der Waals surface area contributed by atoms with Gasteiger partial charge in [-0.05, 0) is 36.8 Å². The largest absolute Gasteiger partial charge is 0.481 e. The molecule has 0 atom stereocenters. The summed E-state index contributed by atoms with van der Waals surface area (Å²) in [6.45, 7) is 1.85. The Balaban J connectivity index is 0.00000272. The Morgan fingerprint density at radius 1 is 1.10 bits per heavy atom. The van der Waals surface area contributed by atoms with Crippen molar-refractivity contribution in [1.29, 1.82) is 0 Å². The van der Waals surface area contributed by atoms with Crippen molar-refractivity contribution in [3.8, 4) is 17.1 Å². The first-order valence-electron chi connectivity index (χ1n) is 9.29. The Kier molecular flexibility index (Phi) is 6.57. The van der Waals surface area contributed by atoms with Gasteiger partial charge in [-0.2, -0.15) is 0 Å². The molecule has 2 heterocycles. The van der Waals surface area contributed by atoms with Crippen LogP contribution < -0.4 is 21.5 Å². The van der Waals surface area contributed by atoms with Crippen LogP contribution >= 0.6 is 12.4 Å². The molecule has 4 rings (SSSR count). The Hall–Kier alpha value is -3.84. The highest BCUT2D eigenvalue weighted by molar-refractivity contribution is 5.87. The number of nitrogens with two attached hydrogens (primary N) is 1. The van der Waals surface area contributed by atoms with Crippen molar-refractivity contribution in [2.45, 2.75) is 13.5 Å². The molecule has 8 heteroatoms. The van der Waals surface area contributed by atoms with Gasteiger partial charge >= 0.3 is 0 Å². The summed E-state index contributed by atoms with van der Waals surface area (Å²) in [6.07, 6.45) is 1.48. The molecule has 4 aromatic rings. The average molecular weight is 438 g/mol. The summed E-state index contributed by atoms with van der Waals surface area (Å²) < 4.78 is 11.9. The van der Waals surface area contributed by atoms with Crippen molar-refractivity contribution in [2.24, 2.45) is 10.7 Å². The summed E-state index contributed by atoms with van der Waals surface area (Å²) in [6, 6.07) is 17.4. The Morgan fingerprint density at radius 2 is 1.87 bits per heavy atom. The fraction of sp³-hybridized carbons (Fsp3) is 0.0870.